The fraction of sp³-hybridized carbons (Fsp3) is 0.250. The fourth-order valence-electron chi connectivity index (χ4n) is 1.12. The first-order valence-corrected chi connectivity index (χ1v) is 9.92. The van der Waals surface area contributed by atoms with Crippen LogP contribution in [-0.2, 0) is 9.36 Å². The van der Waals surface area contributed by atoms with Gasteiger partial charge in [0.05, 0.1) is 7.11 Å². The van der Waals surface area contributed by atoms with Crippen molar-refractivity contribution in [2.45, 2.75) is 0 Å². The van der Waals surface area contributed by atoms with E-state index in [1.807, 2.05) is 14.1 Å². The minimum absolute atomic E-state index is 0.259. The SMILES string of the molecule is COc1ccc(OC(C=O)=CN(C)C)cc1.O=P(Cl)(Cl)Cl. The number of halogens is 3. The molecule has 0 bridgehead atoms. The molecule has 1 rings (SSSR count). The highest BCUT2D eigenvalue weighted by molar-refractivity contribution is 8.24. The van der Waals surface area contributed by atoms with Crippen LogP contribution in [0, 0.1) is 0 Å². The first kappa shape index (κ1) is 20.1. The van der Waals surface area contributed by atoms with Gasteiger partial charge in [-0.05, 0) is 58.0 Å². The van der Waals surface area contributed by atoms with Crippen molar-refractivity contribution in [3.05, 3.63) is 36.2 Å². The zero-order valence-corrected chi connectivity index (χ0v) is 14.8. The Balaban J connectivity index is 0.000000690. The fourth-order valence-corrected chi connectivity index (χ4v) is 1.12. The van der Waals surface area contributed by atoms with Crippen molar-refractivity contribution in [3.8, 4) is 11.5 Å². The van der Waals surface area contributed by atoms with Crippen molar-refractivity contribution in [2.75, 3.05) is 21.2 Å². The molecule has 0 amide bonds. The van der Waals surface area contributed by atoms with E-state index in [-0.39, 0.29) is 5.76 Å². The quantitative estimate of drug-likeness (QED) is 0.329. The van der Waals surface area contributed by atoms with Crippen molar-refractivity contribution in [1.29, 1.82) is 0 Å². The number of methoxy groups -OCH3 is 1. The van der Waals surface area contributed by atoms with E-state index in [1.54, 1.807) is 42.5 Å². The summed E-state index contributed by atoms with van der Waals surface area (Å²) < 4.78 is 19.9. The highest BCUT2D eigenvalue weighted by atomic mass is 36.0. The van der Waals surface area contributed by atoms with E-state index in [1.165, 1.54) is 0 Å². The van der Waals surface area contributed by atoms with Crippen LogP contribution in [0.15, 0.2) is 36.2 Å². The van der Waals surface area contributed by atoms with Gasteiger partial charge in [0.1, 0.15) is 11.5 Å². The zero-order chi connectivity index (χ0) is 16.5. The van der Waals surface area contributed by atoms with E-state index in [4.69, 9.17) is 9.47 Å². The molecule has 0 unspecified atom stereocenters. The van der Waals surface area contributed by atoms with Crippen LogP contribution in [0.1, 0.15) is 0 Å². The Hall–Kier alpha value is -0.870. The van der Waals surface area contributed by atoms with Gasteiger partial charge in [-0.25, -0.2) is 0 Å². The summed E-state index contributed by atoms with van der Waals surface area (Å²) in [5.74, 6) is 1.60. The van der Waals surface area contributed by atoms with Gasteiger partial charge in [-0.15, -0.1) is 0 Å². The summed E-state index contributed by atoms with van der Waals surface area (Å²) in [5, 5.41) is -3.22. The Morgan fingerprint density at radius 3 is 1.90 bits per heavy atom. The Morgan fingerprint density at radius 1 is 1.14 bits per heavy atom. The average molecular weight is 375 g/mol. The summed E-state index contributed by atoms with van der Waals surface area (Å²) in [7, 11) is 5.24. The number of aldehydes is 1. The molecule has 0 aromatic heterocycles. The number of hydrogen-bond acceptors (Lipinski definition) is 5. The molecule has 0 fully saturated rings. The smallest absolute Gasteiger partial charge is 0.339 e. The second-order valence-corrected chi connectivity index (χ2v) is 10.4. The minimum Gasteiger partial charge on any atom is -0.497 e. The van der Waals surface area contributed by atoms with Crippen molar-refractivity contribution < 1.29 is 18.8 Å². The molecule has 0 atom stereocenters. The third-order valence-electron chi connectivity index (χ3n) is 1.80. The number of ether oxygens (including phenoxy) is 2. The molecule has 0 aliphatic carbocycles. The van der Waals surface area contributed by atoms with E-state index < -0.39 is 5.20 Å². The number of hydrogen-bond donors (Lipinski definition) is 0. The minimum atomic E-state index is -3.22. The third-order valence-corrected chi connectivity index (χ3v) is 1.80. The average Bonchev–Trinajstić information content (AvgIpc) is 2.36. The second-order valence-electron chi connectivity index (χ2n) is 3.79. The van der Waals surface area contributed by atoms with Gasteiger partial charge in [-0.1, -0.05) is 0 Å². The van der Waals surface area contributed by atoms with E-state index in [0.29, 0.717) is 12.0 Å². The highest BCUT2D eigenvalue weighted by Gasteiger charge is 2.03. The monoisotopic (exact) mass is 373 g/mol. The number of rotatable bonds is 5. The molecule has 0 saturated heterocycles. The van der Waals surface area contributed by atoms with Crippen LogP contribution >= 0.6 is 38.9 Å². The molecule has 0 aliphatic rings. The number of carbonyl (C=O) groups excluding carboxylic acids is 1. The predicted octanol–water partition coefficient (Wildman–Crippen LogP) is 4.49. The van der Waals surface area contributed by atoms with Crippen LogP contribution in [0.5, 0.6) is 11.5 Å². The van der Waals surface area contributed by atoms with Gasteiger partial charge in [0.15, 0.2) is 12.0 Å². The Labute approximate surface area is 138 Å². The maximum atomic E-state index is 10.7. The topological polar surface area (TPSA) is 55.8 Å². The van der Waals surface area contributed by atoms with Crippen LogP contribution in [0.25, 0.3) is 0 Å². The lowest BCUT2D eigenvalue weighted by Crippen LogP contribution is -2.07. The summed E-state index contributed by atoms with van der Waals surface area (Å²) in [5.41, 5.74) is 0. The van der Waals surface area contributed by atoms with Gasteiger partial charge in [0, 0.05) is 20.3 Å². The Bertz CT molecular complexity index is 505. The van der Waals surface area contributed by atoms with Gasteiger partial charge in [-0.3, -0.25) is 9.36 Å². The molecule has 118 valence electrons. The van der Waals surface area contributed by atoms with E-state index in [9.17, 15) is 9.36 Å². The van der Waals surface area contributed by atoms with Crippen molar-refractivity contribution in [3.63, 3.8) is 0 Å². The maximum absolute atomic E-state index is 10.7. The first-order chi connectivity index (χ1) is 9.65. The third kappa shape index (κ3) is 12.6. The van der Waals surface area contributed by atoms with Gasteiger partial charge in [0.25, 0.3) is 0 Å². The molecular weight excluding hydrogens is 359 g/mol. The molecule has 0 aliphatic heterocycles. The van der Waals surface area contributed by atoms with Gasteiger partial charge in [-0.2, -0.15) is 0 Å². The van der Waals surface area contributed by atoms with Crippen LogP contribution in [0.3, 0.4) is 0 Å². The molecule has 0 spiro atoms. The van der Waals surface area contributed by atoms with Crippen LogP contribution < -0.4 is 9.47 Å². The van der Waals surface area contributed by atoms with Gasteiger partial charge < -0.3 is 14.4 Å². The molecular formula is C12H15Cl3NO4P. The Kier molecular flexibility index (Phi) is 9.54. The molecule has 21 heavy (non-hydrogen) atoms. The largest absolute Gasteiger partial charge is 0.497 e. The molecule has 9 heteroatoms. The summed E-state index contributed by atoms with van der Waals surface area (Å²) in [6.45, 7) is 0. The van der Waals surface area contributed by atoms with Crippen molar-refractivity contribution in [1.82, 2.24) is 4.90 Å². The van der Waals surface area contributed by atoms with Crippen LogP contribution in [0.2, 0.25) is 0 Å². The number of carbonyl (C=O) groups is 1. The van der Waals surface area contributed by atoms with E-state index in [2.05, 4.69) is 33.7 Å². The van der Waals surface area contributed by atoms with Gasteiger partial charge >= 0.3 is 5.20 Å². The zero-order valence-electron chi connectivity index (χ0n) is 11.6. The molecule has 0 N–H and O–H groups in total. The molecule has 5 nitrogen and oxygen atoms in total. The maximum Gasteiger partial charge on any atom is 0.339 e. The number of benzene rings is 1. The van der Waals surface area contributed by atoms with Gasteiger partial charge in [0.2, 0.25) is 0 Å². The summed E-state index contributed by atoms with van der Waals surface area (Å²) in [4.78, 5) is 12.5. The normalized spacial score (nSPS) is 11.0. The molecule has 0 radical (unpaired) electrons. The summed E-state index contributed by atoms with van der Waals surface area (Å²) >= 11 is 13.8. The lowest BCUT2D eigenvalue weighted by molar-refractivity contribution is -0.106. The second kappa shape index (κ2) is 9.96. The number of nitrogens with zero attached hydrogens (tertiary/aromatic N) is 1. The summed E-state index contributed by atoms with van der Waals surface area (Å²) in [6, 6.07) is 7.03. The van der Waals surface area contributed by atoms with Crippen LogP contribution in [-0.4, -0.2) is 32.4 Å². The summed E-state index contributed by atoms with van der Waals surface area (Å²) in [6.07, 6.45) is 2.28. The van der Waals surface area contributed by atoms with Crippen molar-refractivity contribution >= 4 is 45.2 Å². The molecule has 0 heterocycles. The number of allylic oxidation sites excluding steroid dienone is 1. The van der Waals surface area contributed by atoms with Crippen LogP contribution in [0.4, 0.5) is 0 Å². The van der Waals surface area contributed by atoms with E-state index >= 15 is 0 Å². The lowest BCUT2D eigenvalue weighted by Gasteiger charge is -2.09. The lowest BCUT2D eigenvalue weighted by atomic mass is 10.3. The molecule has 1 aromatic rings. The standard InChI is InChI=1S/C12H15NO3.Cl3OP/c1-13(2)8-12(9-14)16-11-6-4-10(15-3)5-7-11;1-5(2,3)4/h4-9H,1-3H3;. The predicted molar refractivity (Wildman–Crippen MR) is 86.6 cm³/mol. The highest BCUT2D eigenvalue weighted by Crippen LogP contribution is 2.61. The van der Waals surface area contributed by atoms with E-state index in [0.717, 1.165) is 5.75 Å². The Morgan fingerprint density at radius 2 is 1.57 bits per heavy atom. The van der Waals surface area contributed by atoms with Crippen molar-refractivity contribution in [2.24, 2.45) is 0 Å². The molecule has 1 aromatic carbocycles. The first-order valence-electron chi connectivity index (χ1n) is 5.50. The molecule has 0 saturated carbocycles.